The van der Waals surface area contributed by atoms with Crippen LogP contribution >= 0.6 is 11.8 Å². The van der Waals surface area contributed by atoms with Crippen LogP contribution in [0.2, 0.25) is 0 Å². The van der Waals surface area contributed by atoms with Gasteiger partial charge in [0.05, 0.1) is 16.7 Å². The van der Waals surface area contributed by atoms with Crippen molar-refractivity contribution in [2.75, 3.05) is 5.75 Å². The normalized spacial score (nSPS) is 14.2. The van der Waals surface area contributed by atoms with Gasteiger partial charge in [0.15, 0.2) is 5.16 Å². The van der Waals surface area contributed by atoms with Crippen molar-refractivity contribution in [3.05, 3.63) is 34.6 Å². The van der Waals surface area contributed by atoms with Crippen LogP contribution < -0.4 is 16.2 Å². The summed E-state index contributed by atoms with van der Waals surface area (Å²) in [4.78, 5) is 41.8. The molecule has 1 aliphatic rings. The summed E-state index contributed by atoms with van der Waals surface area (Å²) in [5.41, 5.74) is 0.535. The second-order valence-electron chi connectivity index (χ2n) is 7.72. The Balaban J connectivity index is 1.66. The summed E-state index contributed by atoms with van der Waals surface area (Å²) in [6.07, 6.45) is 8.31. The number of imide groups is 1. The Bertz CT molecular complexity index is 938. The maximum atomic E-state index is 13.0. The van der Waals surface area contributed by atoms with Crippen LogP contribution in [0.3, 0.4) is 0 Å². The van der Waals surface area contributed by atoms with Crippen molar-refractivity contribution < 1.29 is 9.59 Å². The first-order chi connectivity index (χ1) is 14.6. The van der Waals surface area contributed by atoms with Crippen molar-refractivity contribution in [1.82, 2.24) is 20.2 Å². The van der Waals surface area contributed by atoms with Gasteiger partial charge in [-0.2, -0.15) is 0 Å². The molecule has 0 spiro atoms. The first-order valence-corrected chi connectivity index (χ1v) is 11.8. The predicted octanol–water partition coefficient (Wildman–Crippen LogP) is 3.84. The maximum absolute atomic E-state index is 13.0. The van der Waals surface area contributed by atoms with E-state index < -0.39 is 11.9 Å². The summed E-state index contributed by atoms with van der Waals surface area (Å²) in [5.74, 6) is -0.367. The molecule has 3 amide bonds. The molecule has 1 aromatic carbocycles. The van der Waals surface area contributed by atoms with E-state index in [2.05, 4.69) is 22.5 Å². The number of thioether (sulfide) groups is 1. The van der Waals surface area contributed by atoms with Gasteiger partial charge in [-0.05, 0) is 31.4 Å². The Morgan fingerprint density at radius 3 is 2.70 bits per heavy atom. The quantitative estimate of drug-likeness (QED) is 0.358. The number of urea groups is 1. The Morgan fingerprint density at radius 2 is 1.93 bits per heavy atom. The standard InChI is InChI=1S/C22H30N4O3S/c1-2-3-4-9-14-26-20(28)17-12-7-8-13-18(17)24-22(26)30-15-19(27)25-21(29)23-16-10-5-6-11-16/h7-8,12-13,16H,2-6,9-11,14-15H2,1H3,(H2,23,25,27,29). The first kappa shape index (κ1) is 22.3. The number of nitrogens with one attached hydrogen (secondary N) is 2. The number of amides is 3. The fourth-order valence-electron chi connectivity index (χ4n) is 3.74. The number of carbonyl (C=O) groups is 2. The molecule has 1 aliphatic carbocycles. The fourth-order valence-corrected chi connectivity index (χ4v) is 4.56. The van der Waals surface area contributed by atoms with Crippen LogP contribution in [-0.2, 0) is 11.3 Å². The molecule has 1 aromatic heterocycles. The maximum Gasteiger partial charge on any atom is 0.321 e. The van der Waals surface area contributed by atoms with E-state index in [9.17, 15) is 14.4 Å². The highest BCUT2D eigenvalue weighted by atomic mass is 32.2. The zero-order valence-electron chi connectivity index (χ0n) is 17.5. The average molecular weight is 431 g/mol. The lowest BCUT2D eigenvalue weighted by molar-refractivity contribution is -0.117. The largest absolute Gasteiger partial charge is 0.335 e. The molecule has 1 saturated carbocycles. The molecule has 0 bridgehead atoms. The van der Waals surface area contributed by atoms with Crippen LogP contribution in [0, 0.1) is 0 Å². The third kappa shape index (κ3) is 6.08. The highest BCUT2D eigenvalue weighted by Crippen LogP contribution is 2.19. The minimum atomic E-state index is -0.448. The molecule has 0 radical (unpaired) electrons. The molecule has 0 atom stereocenters. The molecule has 162 valence electrons. The third-order valence-corrected chi connectivity index (χ3v) is 6.31. The molecule has 3 rings (SSSR count). The summed E-state index contributed by atoms with van der Waals surface area (Å²) < 4.78 is 1.66. The Kier molecular flexibility index (Phi) is 8.30. The number of fused-ring (bicyclic) bond motifs is 1. The molecule has 0 unspecified atom stereocenters. The number of nitrogens with zero attached hydrogens (tertiary/aromatic N) is 2. The summed E-state index contributed by atoms with van der Waals surface area (Å²) >= 11 is 1.19. The summed E-state index contributed by atoms with van der Waals surface area (Å²) in [6, 6.07) is 6.96. The molecule has 0 aliphatic heterocycles. The first-order valence-electron chi connectivity index (χ1n) is 10.8. The Morgan fingerprint density at radius 1 is 1.17 bits per heavy atom. The summed E-state index contributed by atoms with van der Waals surface area (Å²) in [7, 11) is 0. The van der Waals surface area contributed by atoms with Crippen LogP contribution in [0.4, 0.5) is 4.79 Å². The smallest absolute Gasteiger partial charge is 0.321 e. The third-order valence-electron chi connectivity index (χ3n) is 5.34. The van der Waals surface area contributed by atoms with E-state index in [4.69, 9.17) is 0 Å². The number of aromatic nitrogens is 2. The molecule has 2 N–H and O–H groups in total. The molecule has 7 nitrogen and oxygen atoms in total. The van der Waals surface area contributed by atoms with Gasteiger partial charge in [-0.15, -0.1) is 0 Å². The van der Waals surface area contributed by atoms with Gasteiger partial charge in [-0.3, -0.25) is 19.5 Å². The SMILES string of the molecule is CCCCCCn1c(SCC(=O)NC(=O)NC2CCCC2)nc2ccccc2c1=O. The minimum Gasteiger partial charge on any atom is -0.335 e. The lowest BCUT2D eigenvalue weighted by Gasteiger charge is -2.14. The number of carbonyl (C=O) groups excluding carboxylic acids is 2. The molecule has 0 saturated heterocycles. The predicted molar refractivity (Wildman–Crippen MR) is 120 cm³/mol. The number of hydrogen-bond acceptors (Lipinski definition) is 5. The van der Waals surface area contributed by atoms with E-state index in [1.54, 1.807) is 16.7 Å². The number of rotatable bonds is 9. The van der Waals surface area contributed by atoms with Gasteiger partial charge >= 0.3 is 6.03 Å². The molecular weight excluding hydrogens is 400 g/mol. The molecule has 1 fully saturated rings. The van der Waals surface area contributed by atoms with Crippen molar-refractivity contribution in [2.24, 2.45) is 0 Å². The zero-order chi connectivity index (χ0) is 21.3. The lowest BCUT2D eigenvalue weighted by Crippen LogP contribution is -2.44. The summed E-state index contributed by atoms with van der Waals surface area (Å²) in [6.45, 7) is 2.72. The van der Waals surface area contributed by atoms with E-state index in [1.807, 2.05) is 12.1 Å². The van der Waals surface area contributed by atoms with E-state index in [0.717, 1.165) is 51.4 Å². The molecular formula is C22H30N4O3S. The minimum absolute atomic E-state index is 0.0256. The van der Waals surface area contributed by atoms with Crippen LogP contribution in [0.5, 0.6) is 0 Å². The summed E-state index contributed by atoms with van der Waals surface area (Å²) in [5, 5.41) is 6.32. The lowest BCUT2D eigenvalue weighted by atomic mass is 10.2. The van der Waals surface area contributed by atoms with Gasteiger partial charge in [0, 0.05) is 12.6 Å². The second kappa shape index (κ2) is 11.2. The highest BCUT2D eigenvalue weighted by molar-refractivity contribution is 7.99. The Labute approximate surface area is 181 Å². The topological polar surface area (TPSA) is 93.1 Å². The van der Waals surface area contributed by atoms with Crippen LogP contribution in [-0.4, -0.2) is 33.3 Å². The van der Waals surface area contributed by atoms with Gasteiger partial charge in [0.1, 0.15) is 0 Å². The number of hydrogen-bond donors (Lipinski definition) is 2. The Hall–Kier alpha value is -2.35. The highest BCUT2D eigenvalue weighted by Gasteiger charge is 2.19. The monoisotopic (exact) mass is 430 g/mol. The average Bonchev–Trinajstić information content (AvgIpc) is 3.24. The van der Waals surface area contributed by atoms with Crippen molar-refractivity contribution in [1.29, 1.82) is 0 Å². The molecule has 2 aromatic rings. The fraction of sp³-hybridized carbons (Fsp3) is 0.545. The molecule has 1 heterocycles. The van der Waals surface area contributed by atoms with Gasteiger partial charge in [0.25, 0.3) is 5.56 Å². The van der Waals surface area contributed by atoms with E-state index >= 15 is 0 Å². The van der Waals surface area contributed by atoms with E-state index in [1.165, 1.54) is 11.8 Å². The van der Waals surface area contributed by atoms with Gasteiger partial charge < -0.3 is 5.32 Å². The van der Waals surface area contributed by atoms with Crippen LogP contribution in [0.25, 0.3) is 10.9 Å². The zero-order valence-corrected chi connectivity index (χ0v) is 18.3. The number of unbranched alkanes of at least 4 members (excludes halogenated alkanes) is 3. The van der Waals surface area contributed by atoms with Gasteiger partial charge in [-0.1, -0.05) is 62.9 Å². The van der Waals surface area contributed by atoms with Gasteiger partial charge in [-0.25, -0.2) is 9.78 Å². The van der Waals surface area contributed by atoms with Crippen molar-refractivity contribution in [2.45, 2.75) is 76.0 Å². The molecule has 30 heavy (non-hydrogen) atoms. The van der Waals surface area contributed by atoms with Crippen molar-refractivity contribution in [3.8, 4) is 0 Å². The van der Waals surface area contributed by atoms with Crippen LogP contribution in [0.1, 0.15) is 58.3 Å². The number of benzene rings is 1. The van der Waals surface area contributed by atoms with Crippen LogP contribution in [0.15, 0.2) is 34.2 Å². The second-order valence-corrected chi connectivity index (χ2v) is 8.66. The number of para-hydroxylation sites is 1. The molecule has 8 heteroatoms. The van der Waals surface area contributed by atoms with Gasteiger partial charge in [0.2, 0.25) is 5.91 Å². The van der Waals surface area contributed by atoms with Crippen molar-refractivity contribution >= 4 is 34.6 Å². The van der Waals surface area contributed by atoms with Crippen molar-refractivity contribution in [3.63, 3.8) is 0 Å². The van der Waals surface area contributed by atoms with E-state index in [-0.39, 0.29) is 17.4 Å². The van der Waals surface area contributed by atoms with E-state index in [0.29, 0.717) is 22.6 Å².